The van der Waals surface area contributed by atoms with E-state index in [2.05, 4.69) is 5.92 Å². The van der Waals surface area contributed by atoms with Gasteiger partial charge in [0.2, 0.25) is 0 Å². The molecule has 0 N–H and O–H groups in total. The molecular formula is C17H22O9S. The highest BCUT2D eigenvalue weighted by atomic mass is 32.2. The predicted molar refractivity (Wildman–Crippen MR) is 93.2 cm³/mol. The van der Waals surface area contributed by atoms with E-state index in [-0.39, 0.29) is 12.4 Å². The Labute approximate surface area is 161 Å². The maximum absolute atomic E-state index is 11.6. The fourth-order valence-corrected chi connectivity index (χ4v) is 3.33. The lowest BCUT2D eigenvalue weighted by Crippen LogP contribution is -2.61. The number of thioether (sulfide) groups is 1. The Morgan fingerprint density at radius 1 is 0.889 bits per heavy atom. The van der Waals surface area contributed by atoms with Crippen molar-refractivity contribution in [3.05, 3.63) is 0 Å². The van der Waals surface area contributed by atoms with Gasteiger partial charge in [-0.05, 0) is 0 Å². The van der Waals surface area contributed by atoms with Gasteiger partial charge in [-0.3, -0.25) is 19.2 Å². The van der Waals surface area contributed by atoms with E-state index in [1.807, 2.05) is 0 Å². The molecule has 27 heavy (non-hydrogen) atoms. The van der Waals surface area contributed by atoms with Crippen LogP contribution in [-0.2, 0) is 42.9 Å². The van der Waals surface area contributed by atoms with Crippen molar-refractivity contribution in [2.45, 2.75) is 57.5 Å². The monoisotopic (exact) mass is 402 g/mol. The van der Waals surface area contributed by atoms with Crippen LogP contribution in [0.15, 0.2) is 0 Å². The number of terminal acetylenes is 1. The van der Waals surface area contributed by atoms with Crippen LogP contribution in [0.5, 0.6) is 0 Å². The molecule has 1 rings (SSSR count). The maximum Gasteiger partial charge on any atom is 0.303 e. The number of esters is 4. The first-order valence-corrected chi connectivity index (χ1v) is 9.06. The van der Waals surface area contributed by atoms with Gasteiger partial charge in [0.15, 0.2) is 18.3 Å². The van der Waals surface area contributed by atoms with Crippen LogP contribution >= 0.6 is 11.8 Å². The quantitative estimate of drug-likeness (QED) is 0.337. The normalized spacial score (nSPS) is 27.0. The van der Waals surface area contributed by atoms with Crippen LogP contribution < -0.4 is 0 Å². The van der Waals surface area contributed by atoms with E-state index in [1.54, 1.807) is 0 Å². The standard InChI is InChI=1S/C17H22O9S/c1-6-7-27-17-16(25-12(5)21)15(24-11(4)20)14(23-10(3)19)13(26-17)8-22-9(2)18/h1,13-17H,7-8H2,2-5H3/t13-,14+,15+,16-,17+/m1/s1. The lowest BCUT2D eigenvalue weighted by Gasteiger charge is -2.44. The number of rotatable bonds is 7. The van der Waals surface area contributed by atoms with Crippen molar-refractivity contribution < 1.29 is 42.9 Å². The van der Waals surface area contributed by atoms with E-state index >= 15 is 0 Å². The largest absolute Gasteiger partial charge is 0.463 e. The number of ether oxygens (including phenoxy) is 5. The van der Waals surface area contributed by atoms with E-state index in [1.165, 1.54) is 13.8 Å². The minimum atomic E-state index is -1.17. The Balaban J connectivity index is 3.25. The van der Waals surface area contributed by atoms with Gasteiger partial charge in [0.25, 0.3) is 0 Å². The molecule has 0 radical (unpaired) electrons. The van der Waals surface area contributed by atoms with E-state index in [0.29, 0.717) is 0 Å². The Morgan fingerprint density at radius 2 is 1.41 bits per heavy atom. The second kappa shape index (κ2) is 10.8. The van der Waals surface area contributed by atoms with Gasteiger partial charge in [-0.1, -0.05) is 5.92 Å². The average Bonchev–Trinajstić information content (AvgIpc) is 2.54. The molecule has 1 heterocycles. The van der Waals surface area contributed by atoms with Crippen molar-refractivity contribution in [2.24, 2.45) is 0 Å². The first kappa shape index (κ1) is 22.8. The molecule has 0 aromatic heterocycles. The number of hydrogen-bond donors (Lipinski definition) is 0. The summed E-state index contributed by atoms with van der Waals surface area (Å²) in [4.78, 5) is 45.9. The summed E-state index contributed by atoms with van der Waals surface area (Å²) >= 11 is 1.13. The summed E-state index contributed by atoms with van der Waals surface area (Å²) in [6.07, 6.45) is 0.919. The molecule has 0 unspecified atom stereocenters. The van der Waals surface area contributed by atoms with E-state index in [9.17, 15) is 19.2 Å². The Hall–Kier alpha value is -2.25. The molecule has 0 bridgehead atoms. The van der Waals surface area contributed by atoms with Crippen molar-refractivity contribution in [1.82, 2.24) is 0 Å². The molecular weight excluding hydrogens is 380 g/mol. The molecule has 0 aliphatic carbocycles. The third-order valence-corrected chi connectivity index (χ3v) is 4.32. The molecule has 0 saturated carbocycles. The smallest absolute Gasteiger partial charge is 0.303 e. The highest BCUT2D eigenvalue weighted by Gasteiger charge is 2.52. The topological polar surface area (TPSA) is 114 Å². The van der Waals surface area contributed by atoms with Crippen LogP contribution in [0.25, 0.3) is 0 Å². The zero-order valence-corrected chi connectivity index (χ0v) is 16.3. The second-order valence-electron chi connectivity index (χ2n) is 5.58. The molecule has 1 aliphatic heterocycles. The molecule has 1 fully saturated rings. The molecule has 1 saturated heterocycles. The SMILES string of the molecule is C#CCS[C@@H]1O[C@H](COC(C)=O)[C@H](OC(C)=O)[C@H](OC(C)=O)[C@H]1OC(C)=O. The summed E-state index contributed by atoms with van der Waals surface area (Å²) < 4.78 is 26.6. The lowest BCUT2D eigenvalue weighted by molar-refractivity contribution is -0.237. The summed E-state index contributed by atoms with van der Waals surface area (Å²) in [6, 6.07) is 0. The van der Waals surface area contributed by atoms with E-state index < -0.39 is 53.7 Å². The molecule has 10 heteroatoms. The number of carbonyl (C=O) groups is 4. The van der Waals surface area contributed by atoms with Crippen LogP contribution in [0, 0.1) is 12.3 Å². The van der Waals surface area contributed by atoms with Gasteiger partial charge in [0, 0.05) is 27.7 Å². The van der Waals surface area contributed by atoms with Crippen LogP contribution in [0.4, 0.5) is 0 Å². The third kappa shape index (κ3) is 7.48. The molecule has 9 nitrogen and oxygen atoms in total. The van der Waals surface area contributed by atoms with Gasteiger partial charge in [-0.15, -0.1) is 18.2 Å². The molecule has 0 spiro atoms. The van der Waals surface area contributed by atoms with Gasteiger partial charge in [-0.2, -0.15) is 0 Å². The van der Waals surface area contributed by atoms with Crippen LogP contribution in [0.2, 0.25) is 0 Å². The minimum absolute atomic E-state index is 0.216. The summed E-state index contributed by atoms with van der Waals surface area (Å²) in [5, 5.41) is 0. The zero-order valence-electron chi connectivity index (χ0n) is 15.5. The number of carbonyl (C=O) groups excluding carboxylic acids is 4. The molecule has 0 amide bonds. The molecule has 0 aromatic rings. The summed E-state index contributed by atoms with van der Waals surface area (Å²) in [5.74, 6) is 0.0628. The van der Waals surface area contributed by atoms with Crippen molar-refractivity contribution in [3.63, 3.8) is 0 Å². The summed E-state index contributed by atoms with van der Waals surface area (Å²) in [7, 11) is 0. The number of hydrogen-bond acceptors (Lipinski definition) is 10. The molecule has 5 atom stereocenters. The van der Waals surface area contributed by atoms with Gasteiger partial charge in [-0.25, -0.2) is 0 Å². The van der Waals surface area contributed by atoms with Gasteiger partial charge in [0.05, 0.1) is 5.75 Å². The lowest BCUT2D eigenvalue weighted by atomic mass is 9.99. The minimum Gasteiger partial charge on any atom is -0.463 e. The average molecular weight is 402 g/mol. The molecule has 0 aromatic carbocycles. The van der Waals surface area contributed by atoms with Gasteiger partial charge >= 0.3 is 23.9 Å². The first-order valence-electron chi connectivity index (χ1n) is 8.01. The zero-order chi connectivity index (χ0) is 20.6. The second-order valence-corrected chi connectivity index (χ2v) is 6.67. The Kier molecular flexibility index (Phi) is 9.11. The maximum atomic E-state index is 11.6. The molecule has 1 aliphatic rings. The van der Waals surface area contributed by atoms with E-state index in [4.69, 9.17) is 30.1 Å². The van der Waals surface area contributed by atoms with Crippen molar-refractivity contribution in [1.29, 1.82) is 0 Å². The fourth-order valence-electron chi connectivity index (χ4n) is 2.45. The van der Waals surface area contributed by atoms with Crippen molar-refractivity contribution in [2.75, 3.05) is 12.4 Å². The van der Waals surface area contributed by atoms with Crippen LogP contribution in [0.3, 0.4) is 0 Å². The van der Waals surface area contributed by atoms with Crippen LogP contribution in [-0.4, -0.2) is 66.1 Å². The summed E-state index contributed by atoms with van der Waals surface area (Å²) in [5.41, 5.74) is -0.832. The van der Waals surface area contributed by atoms with Gasteiger partial charge in [0.1, 0.15) is 18.1 Å². The van der Waals surface area contributed by atoms with Gasteiger partial charge < -0.3 is 23.7 Å². The molecule has 150 valence electrons. The Bertz CT molecular complexity index is 612. The Morgan fingerprint density at radius 3 is 1.89 bits per heavy atom. The first-order chi connectivity index (χ1) is 12.6. The summed E-state index contributed by atoms with van der Waals surface area (Å²) in [6.45, 7) is 4.45. The predicted octanol–water partition coefficient (Wildman–Crippen LogP) is 0.436. The highest BCUT2D eigenvalue weighted by Crippen LogP contribution is 2.34. The van der Waals surface area contributed by atoms with Crippen molar-refractivity contribution in [3.8, 4) is 12.3 Å². The fraction of sp³-hybridized carbons (Fsp3) is 0.647. The third-order valence-electron chi connectivity index (χ3n) is 3.28. The highest BCUT2D eigenvalue weighted by molar-refractivity contribution is 8.00. The van der Waals surface area contributed by atoms with E-state index in [0.717, 1.165) is 25.6 Å². The van der Waals surface area contributed by atoms with Crippen LogP contribution in [0.1, 0.15) is 27.7 Å². The van der Waals surface area contributed by atoms with Crippen molar-refractivity contribution >= 4 is 35.6 Å².